The van der Waals surface area contributed by atoms with Crippen LogP contribution < -0.4 is 22.5 Å². The Bertz CT molecular complexity index is 768. The van der Waals surface area contributed by atoms with E-state index in [4.69, 9.17) is 36.1 Å². The molecule has 2 heterocycles. The van der Waals surface area contributed by atoms with Gasteiger partial charge in [0.15, 0.2) is 12.6 Å². The molecule has 2 aliphatic heterocycles. The van der Waals surface area contributed by atoms with E-state index in [9.17, 15) is 40.5 Å². The van der Waals surface area contributed by atoms with Crippen molar-refractivity contribution in [1.82, 2.24) is 5.32 Å². The van der Waals surface area contributed by atoms with E-state index in [0.29, 0.717) is 6.42 Å². The third-order valence-electron chi connectivity index (χ3n) is 7.27. The first kappa shape index (κ1) is 31.4. The molecule has 0 aromatic rings. The summed E-state index contributed by atoms with van der Waals surface area (Å²) in [6, 6.07) is -3.25. The lowest BCUT2D eigenvalue weighted by atomic mass is 9.83. The van der Waals surface area contributed by atoms with Gasteiger partial charge in [-0.2, -0.15) is 0 Å². The number of hydrogen-bond acceptors (Lipinski definition) is 15. The molecule has 3 aliphatic rings. The van der Waals surface area contributed by atoms with Crippen molar-refractivity contribution in [3.8, 4) is 0 Å². The van der Waals surface area contributed by atoms with Crippen molar-refractivity contribution in [2.24, 2.45) is 17.2 Å². The Hall–Kier alpha value is -1.09. The van der Waals surface area contributed by atoms with Gasteiger partial charge >= 0.3 is 0 Å². The highest BCUT2D eigenvalue weighted by Gasteiger charge is 2.52. The maximum atomic E-state index is 12.5. The first-order valence-corrected chi connectivity index (χ1v) is 12.8. The van der Waals surface area contributed by atoms with Crippen LogP contribution in [0.1, 0.15) is 26.2 Å². The van der Waals surface area contributed by atoms with Gasteiger partial charge in [-0.25, -0.2) is 0 Å². The van der Waals surface area contributed by atoms with Crippen LogP contribution in [0.25, 0.3) is 0 Å². The summed E-state index contributed by atoms with van der Waals surface area (Å²) in [5.41, 5.74) is 17.9. The molecule has 0 aromatic carbocycles. The summed E-state index contributed by atoms with van der Waals surface area (Å²) in [4.78, 5) is 12.5. The summed E-state index contributed by atoms with van der Waals surface area (Å²) in [5.74, 6) is -0.725. The largest absolute Gasteiger partial charge is 0.394 e. The molecule has 1 amide bonds. The zero-order valence-corrected chi connectivity index (χ0v) is 21.1. The predicted octanol–water partition coefficient (Wildman–Crippen LogP) is -6.33. The molecule has 1 aliphatic carbocycles. The van der Waals surface area contributed by atoms with E-state index in [1.165, 1.54) is 0 Å². The molecule has 2 saturated heterocycles. The van der Waals surface area contributed by atoms with Gasteiger partial charge in [0, 0.05) is 12.6 Å². The number of carbonyl (C=O) groups is 1. The monoisotopic (exact) mass is 554 g/mol. The van der Waals surface area contributed by atoms with E-state index >= 15 is 0 Å². The number of rotatable bonds is 10. The van der Waals surface area contributed by atoms with Crippen molar-refractivity contribution in [2.75, 3.05) is 13.2 Å². The number of aliphatic hydroxyl groups excluding tert-OH is 7. The topological polar surface area (TPSA) is 286 Å². The third-order valence-corrected chi connectivity index (χ3v) is 7.27. The molecule has 14 N–H and O–H groups in total. The average Bonchev–Trinajstić information content (AvgIpc) is 3.16. The fourth-order valence-corrected chi connectivity index (χ4v) is 4.96. The van der Waals surface area contributed by atoms with Crippen molar-refractivity contribution in [3.05, 3.63) is 0 Å². The Morgan fingerprint density at radius 1 is 0.947 bits per heavy atom. The minimum atomic E-state index is -1.54. The van der Waals surface area contributed by atoms with E-state index < -0.39 is 104 Å². The van der Waals surface area contributed by atoms with Gasteiger partial charge in [0.2, 0.25) is 5.91 Å². The molecule has 3 rings (SSSR count). The van der Waals surface area contributed by atoms with Gasteiger partial charge in [-0.1, -0.05) is 13.3 Å². The summed E-state index contributed by atoms with van der Waals surface area (Å²) in [6.07, 6.45) is -15.8. The highest BCUT2D eigenvalue weighted by molar-refractivity contribution is 5.80. The third kappa shape index (κ3) is 6.61. The Kier molecular flexibility index (Phi) is 11.2. The number of hydrogen-bond donors (Lipinski definition) is 11. The van der Waals surface area contributed by atoms with Gasteiger partial charge < -0.3 is 77.2 Å². The zero-order valence-electron chi connectivity index (χ0n) is 21.1. The molecule has 15 atom stereocenters. The summed E-state index contributed by atoms with van der Waals surface area (Å²) >= 11 is 0. The van der Waals surface area contributed by atoms with Crippen molar-refractivity contribution >= 4 is 5.91 Å². The number of amides is 1. The van der Waals surface area contributed by atoms with Gasteiger partial charge in [-0.3, -0.25) is 4.79 Å². The van der Waals surface area contributed by atoms with Crippen LogP contribution in [0.15, 0.2) is 0 Å². The quantitative estimate of drug-likeness (QED) is 0.120. The molecule has 0 spiro atoms. The van der Waals surface area contributed by atoms with Crippen LogP contribution in [-0.4, -0.2) is 147 Å². The van der Waals surface area contributed by atoms with Crippen LogP contribution in [0.4, 0.5) is 0 Å². The molecule has 0 aromatic heterocycles. The number of nitrogens with two attached hydrogens (primary N) is 3. The Morgan fingerprint density at radius 3 is 2.13 bits per heavy atom. The van der Waals surface area contributed by atoms with Crippen molar-refractivity contribution < 1.29 is 59.5 Å². The number of carbonyl (C=O) groups excluding carboxylic acids is 1. The minimum Gasteiger partial charge on any atom is -0.394 e. The molecule has 222 valence electrons. The second-order valence-electron chi connectivity index (χ2n) is 10.1. The lowest BCUT2D eigenvalue weighted by molar-refractivity contribution is -0.310. The summed E-state index contributed by atoms with van der Waals surface area (Å²) in [6.45, 7) is 1.00. The minimum absolute atomic E-state index is 0.0467. The Morgan fingerprint density at radius 2 is 1.55 bits per heavy atom. The summed E-state index contributed by atoms with van der Waals surface area (Å²) in [5, 5.41) is 74.3. The average molecular weight is 555 g/mol. The molecule has 38 heavy (non-hydrogen) atoms. The molecular weight excluding hydrogens is 512 g/mol. The Labute approximate surface area is 219 Å². The molecule has 1 saturated carbocycles. The number of ether oxygens (including phenoxy) is 4. The number of aliphatic hydroxyl groups is 7. The summed E-state index contributed by atoms with van der Waals surface area (Å²) in [7, 11) is 0. The smallest absolute Gasteiger partial charge is 0.249 e. The molecular formula is C22H42N4O12. The second-order valence-corrected chi connectivity index (χ2v) is 10.1. The summed E-state index contributed by atoms with van der Waals surface area (Å²) < 4.78 is 22.8. The van der Waals surface area contributed by atoms with Crippen molar-refractivity contribution in [3.63, 3.8) is 0 Å². The van der Waals surface area contributed by atoms with Gasteiger partial charge in [-0.15, -0.1) is 0 Å². The van der Waals surface area contributed by atoms with E-state index in [0.717, 1.165) is 0 Å². The van der Waals surface area contributed by atoms with E-state index in [-0.39, 0.29) is 19.4 Å². The fraction of sp³-hybridized carbons (Fsp3) is 0.955. The molecule has 5 unspecified atom stereocenters. The second kappa shape index (κ2) is 13.5. The van der Waals surface area contributed by atoms with Crippen LogP contribution in [0, 0.1) is 0 Å². The van der Waals surface area contributed by atoms with Gasteiger partial charge in [0.25, 0.3) is 0 Å². The first-order chi connectivity index (χ1) is 17.9. The van der Waals surface area contributed by atoms with Crippen LogP contribution in [0.5, 0.6) is 0 Å². The standard InChI is InChI=1S/C22H42N4O12/c1-2-3-9(28)20(34)26-8-4-7(24)18(37-21-12(25)16(32)15(31)11(6-27)36-21)19(13(8)29)38-22-17(33)14(30)10(5-23)35-22/h7-19,21-22,27-33H,2-6,23-25H2,1H3,(H,26,34)/t7?,8-,9+,10-,11?,12?,13?,14+,15-,16-,17?,18-,19-,21-,22+/m1/s1. The van der Waals surface area contributed by atoms with Gasteiger partial charge in [0.05, 0.1) is 18.7 Å². The highest BCUT2D eigenvalue weighted by atomic mass is 16.7. The predicted molar refractivity (Wildman–Crippen MR) is 127 cm³/mol. The van der Waals surface area contributed by atoms with Gasteiger partial charge in [0.1, 0.15) is 61.0 Å². The SMILES string of the molecule is CCC[C@H](O)C(=O)N[C@@H]1CC(N)[C@@H](O[C@H]2OC(CO)[C@@H](O)[C@H](O)C2N)[C@H](O[C@@H]2O[C@H](CN)[C@H](O)C2O)C1O. The molecule has 16 heteroatoms. The van der Waals surface area contributed by atoms with E-state index in [1.54, 1.807) is 6.92 Å². The van der Waals surface area contributed by atoms with Crippen molar-refractivity contribution in [1.29, 1.82) is 0 Å². The number of nitrogens with one attached hydrogen (secondary N) is 1. The normalized spacial score (nSPS) is 46.6. The van der Waals surface area contributed by atoms with E-state index in [2.05, 4.69) is 5.32 Å². The molecule has 0 bridgehead atoms. The maximum absolute atomic E-state index is 12.5. The highest BCUT2D eigenvalue weighted by Crippen LogP contribution is 2.32. The molecule has 16 nitrogen and oxygen atoms in total. The van der Waals surface area contributed by atoms with Crippen LogP contribution in [0.3, 0.4) is 0 Å². The maximum Gasteiger partial charge on any atom is 0.249 e. The lowest BCUT2D eigenvalue weighted by Crippen LogP contribution is -2.69. The van der Waals surface area contributed by atoms with Crippen LogP contribution in [0.2, 0.25) is 0 Å². The van der Waals surface area contributed by atoms with Crippen molar-refractivity contribution in [2.45, 2.75) is 118 Å². The van der Waals surface area contributed by atoms with Crippen LogP contribution in [-0.2, 0) is 23.7 Å². The fourth-order valence-electron chi connectivity index (χ4n) is 4.96. The lowest BCUT2D eigenvalue weighted by Gasteiger charge is -2.47. The van der Waals surface area contributed by atoms with Crippen LogP contribution >= 0.6 is 0 Å². The zero-order chi connectivity index (χ0) is 28.3. The molecule has 3 fully saturated rings. The molecule has 0 radical (unpaired) electrons. The Balaban J connectivity index is 1.84. The van der Waals surface area contributed by atoms with Gasteiger partial charge in [-0.05, 0) is 12.8 Å². The first-order valence-electron chi connectivity index (χ1n) is 12.8. The van der Waals surface area contributed by atoms with E-state index in [1.807, 2.05) is 0 Å².